The highest BCUT2D eigenvalue weighted by Crippen LogP contribution is 2.38. The van der Waals surface area contributed by atoms with Crippen LogP contribution in [0.4, 0.5) is 0 Å². The zero-order valence-electron chi connectivity index (χ0n) is 17.8. The van der Waals surface area contributed by atoms with Crippen LogP contribution >= 0.6 is 15.9 Å². The van der Waals surface area contributed by atoms with E-state index < -0.39 is 17.7 Å². The van der Waals surface area contributed by atoms with Crippen molar-refractivity contribution >= 4 is 33.7 Å². The number of allylic oxidation sites excluding steroid dienone is 1. The van der Waals surface area contributed by atoms with E-state index in [-0.39, 0.29) is 11.4 Å². The Morgan fingerprint density at radius 3 is 2.35 bits per heavy atom. The summed E-state index contributed by atoms with van der Waals surface area (Å²) in [7, 11) is 0. The number of aliphatic hydroxyl groups is 1. The van der Waals surface area contributed by atoms with Crippen LogP contribution in [0, 0.1) is 0 Å². The molecule has 0 radical (unpaired) electrons. The van der Waals surface area contributed by atoms with E-state index in [4.69, 9.17) is 0 Å². The van der Waals surface area contributed by atoms with Crippen molar-refractivity contribution in [2.24, 2.45) is 0 Å². The Bertz CT molecular complexity index is 980. The standard InChI is InChI=1S/C25H27BrN2O3/c1-3-27(4-2)16-17-28-23(19-11-13-20(26)14-12-19)22(24(30)25(28)31)21(29)15-10-18-8-6-5-7-9-18/h5-15,23,30H,3-4,16-17H2,1-2H3. The third-order valence-corrected chi connectivity index (χ3v) is 6.06. The number of benzene rings is 2. The van der Waals surface area contributed by atoms with Gasteiger partial charge >= 0.3 is 0 Å². The lowest BCUT2D eigenvalue weighted by Gasteiger charge is -2.29. The van der Waals surface area contributed by atoms with Crippen molar-refractivity contribution in [1.29, 1.82) is 0 Å². The van der Waals surface area contributed by atoms with Crippen molar-refractivity contribution in [3.05, 3.63) is 87.6 Å². The van der Waals surface area contributed by atoms with E-state index in [1.165, 1.54) is 6.08 Å². The quantitative estimate of drug-likeness (QED) is 0.522. The third kappa shape index (κ3) is 5.32. The topological polar surface area (TPSA) is 60.9 Å². The Morgan fingerprint density at radius 1 is 1.10 bits per heavy atom. The van der Waals surface area contributed by atoms with Gasteiger partial charge in [-0.15, -0.1) is 0 Å². The number of likely N-dealkylation sites (N-methyl/N-ethyl adjacent to an activating group) is 1. The highest BCUT2D eigenvalue weighted by atomic mass is 79.9. The van der Waals surface area contributed by atoms with Gasteiger partial charge in [0.05, 0.1) is 11.6 Å². The molecule has 0 bridgehead atoms. The lowest BCUT2D eigenvalue weighted by atomic mass is 9.95. The number of nitrogens with zero attached hydrogens (tertiary/aromatic N) is 2. The minimum Gasteiger partial charge on any atom is -0.503 e. The van der Waals surface area contributed by atoms with Gasteiger partial charge in [0.1, 0.15) is 0 Å². The summed E-state index contributed by atoms with van der Waals surface area (Å²) in [5.41, 5.74) is 1.79. The number of rotatable bonds is 9. The monoisotopic (exact) mass is 482 g/mol. The first-order chi connectivity index (χ1) is 15.0. The number of ketones is 1. The number of halogens is 1. The first kappa shape index (κ1) is 23.0. The van der Waals surface area contributed by atoms with Gasteiger partial charge in [0, 0.05) is 17.6 Å². The van der Waals surface area contributed by atoms with Gasteiger partial charge in [-0.05, 0) is 42.4 Å². The van der Waals surface area contributed by atoms with Gasteiger partial charge in [0.15, 0.2) is 11.5 Å². The average molecular weight is 483 g/mol. The third-order valence-electron chi connectivity index (χ3n) is 5.53. The molecule has 3 rings (SSSR count). The highest BCUT2D eigenvalue weighted by Gasteiger charge is 2.42. The van der Waals surface area contributed by atoms with Crippen LogP contribution in [0.25, 0.3) is 6.08 Å². The summed E-state index contributed by atoms with van der Waals surface area (Å²) < 4.78 is 0.903. The van der Waals surface area contributed by atoms with E-state index in [9.17, 15) is 14.7 Å². The second-order valence-electron chi connectivity index (χ2n) is 7.35. The van der Waals surface area contributed by atoms with Crippen molar-refractivity contribution in [2.75, 3.05) is 26.2 Å². The zero-order valence-corrected chi connectivity index (χ0v) is 19.4. The molecule has 0 spiro atoms. The maximum atomic E-state index is 13.1. The van der Waals surface area contributed by atoms with E-state index in [0.717, 1.165) is 28.7 Å². The van der Waals surface area contributed by atoms with Gasteiger partial charge in [0.2, 0.25) is 0 Å². The smallest absolute Gasteiger partial charge is 0.290 e. The van der Waals surface area contributed by atoms with Crippen LogP contribution in [-0.4, -0.2) is 52.8 Å². The molecular weight excluding hydrogens is 456 g/mol. The summed E-state index contributed by atoms with van der Waals surface area (Å²) >= 11 is 3.43. The van der Waals surface area contributed by atoms with Crippen LogP contribution in [0.3, 0.4) is 0 Å². The second-order valence-corrected chi connectivity index (χ2v) is 8.27. The maximum absolute atomic E-state index is 13.1. The molecule has 1 atom stereocenters. The molecule has 1 N–H and O–H groups in total. The fourth-order valence-electron chi connectivity index (χ4n) is 3.74. The van der Waals surface area contributed by atoms with Crippen LogP contribution in [0.5, 0.6) is 0 Å². The molecule has 2 aromatic rings. The van der Waals surface area contributed by atoms with Crippen molar-refractivity contribution in [3.63, 3.8) is 0 Å². The molecule has 5 nitrogen and oxygen atoms in total. The fraction of sp³-hybridized carbons (Fsp3) is 0.280. The Hall–Kier alpha value is -2.70. The number of carbonyl (C=O) groups is 2. The van der Waals surface area contributed by atoms with E-state index in [1.807, 2.05) is 54.6 Å². The summed E-state index contributed by atoms with van der Waals surface area (Å²) in [6.45, 7) is 6.96. The number of aliphatic hydroxyl groups excluding tert-OH is 1. The molecule has 0 saturated heterocycles. The van der Waals surface area contributed by atoms with Crippen LogP contribution in [0.15, 0.2) is 76.5 Å². The predicted octanol–water partition coefficient (Wildman–Crippen LogP) is 4.77. The van der Waals surface area contributed by atoms with Crippen LogP contribution in [0.1, 0.15) is 31.0 Å². The number of carbonyl (C=O) groups excluding carboxylic acids is 2. The van der Waals surface area contributed by atoms with Crippen molar-refractivity contribution in [1.82, 2.24) is 9.80 Å². The number of hydrogen-bond acceptors (Lipinski definition) is 4. The molecule has 1 amide bonds. The Kier molecular flexibility index (Phi) is 7.82. The van der Waals surface area contributed by atoms with Gasteiger partial charge in [0.25, 0.3) is 5.91 Å². The summed E-state index contributed by atoms with van der Waals surface area (Å²) in [4.78, 5) is 29.9. The van der Waals surface area contributed by atoms with Crippen molar-refractivity contribution < 1.29 is 14.7 Å². The molecule has 0 aliphatic carbocycles. The molecular formula is C25H27BrN2O3. The fourth-order valence-corrected chi connectivity index (χ4v) is 4.01. The summed E-state index contributed by atoms with van der Waals surface area (Å²) in [6.07, 6.45) is 3.12. The summed E-state index contributed by atoms with van der Waals surface area (Å²) in [5.74, 6) is -1.33. The minimum absolute atomic E-state index is 0.124. The predicted molar refractivity (Wildman–Crippen MR) is 127 cm³/mol. The van der Waals surface area contributed by atoms with E-state index in [2.05, 4.69) is 34.7 Å². The molecule has 0 fully saturated rings. The molecule has 1 aliphatic heterocycles. The Morgan fingerprint density at radius 2 is 1.74 bits per heavy atom. The van der Waals surface area contributed by atoms with Crippen LogP contribution < -0.4 is 0 Å². The van der Waals surface area contributed by atoms with E-state index in [0.29, 0.717) is 13.1 Å². The maximum Gasteiger partial charge on any atom is 0.290 e. The minimum atomic E-state index is -0.621. The lowest BCUT2D eigenvalue weighted by molar-refractivity contribution is -0.129. The molecule has 1 heterocycles. The molecule has 2 aromatic carbocycles. The lowest BCUT2D eigenvalue weighted by Crippen LogP contribution is -2.38. The summed E-state index contributed by atoms with van der Waals surface area (Å²) in [5, 5.41) is 10.7. The Balaban J connectivity index is 1.94. The Labute approximate surface area is 191 Å². The van der Waals surface area contributed by atoms with Gasteiger partial charge in [-0.2, -0.15) is 0 Å². The first-order valence-electron chi connectivity index (χ1n) is 10.5. The SMILES string of the molecule is CCN(CC)CCN1C(=O)C(O)=C(C(=O)C=Cc2ccccc2)C1c1ccc(Br)cc1. The van der Waals surface area contributed by atoms with Crippen LogP contribution in [0.2, 0.25) is 0 Å². The van der Waals surface area contributed by atoms with Crippen molar-refractivity contribution in [2.45, 2.75) is 19.9 Å². The molecule has 1 unspecified atom stereocenters. The molecule has 6 heteroatoms. The van der Waals surface area contributed by atoms with Crippen LogP contribution in [-0.2, 0) is 9.59 Å². The molecule has 0 aromatic heterocycles. The number of amides is 1. The molecule has 1 aliphatic rings. The van der Waals surface area contributed by atoms with Crippen molar-refractivity contribution in [3.8, 4) is 0 Å². The second kappa shape index (κ2) is 10.6. The molecule has 31 heavy (non-hydrogen) atoms. The highest BCUT2D eigenvalue weighted by molar-refractivity contribution is 9.10. The van der Waals surface area contributed by atoms with Gasteiger partial charge in [-0.3, -0.25) is 9.59 Å². The van der Waals surface area contributed by atoms with Gasteiger partial charge in [-0.25, -0.2) is 0 Å². The number of hydrogen-bond donors (Lipinski definition) is 1. The molecule has 162 valence electrons. The van der Waals surface area contributed by atoms with Gasteiger partial charge < -0.3 is 14.9 Å². The van der Waals surface area contributed by atoms with E-state index in [1.54, 1.807) is 11.0 Å². The normalized spacial score (nSPS) is 16.7. The van der Waals surface area contributed by atoms with Gasteiger partial charge in [-0.1, -0.05) is 78.3 Å². The molecule has 0 saturated carbocycles. The zero-order chi connectivity index (χ0) is 22.4. The largest absolute Gasteiger partial charge is 0.503 e. The average Bonchev–Trinajstić information content (AvgIpc) is 3.04. The summed E-state index contributed by atoms with van der Waals surface area (Å²) in [6, 6.07) is 16.3. The van der Waals surface area contributed by atoms with E-state index >= 15 is 0 Å². The first-order valence-corrected chi connectivity index (χ1v) is 11.2.